The molecule has 0 spiro atoms. The number of rotatable bonds is 2. The first-order valence-corrected chi connectivity index (χ1v) is 17.4. The zero-order valence-electron chi connectivity index (χ0n) is 9.47. The van der Waals surface area contributed by atoms with Crippen LogP contribution in [0.5, 0.6) is 0 Å². The van der Waals surface area contributed by atoms with E-state index in [9.17, 15) is 0 Å². The van der Waals surface area contributed by atoms with Gasteiger partial charge in [0.25, 0.3) is 0 Å². The molecule has 2 radical (unpaired) electrons. The van der Waals surface area contributed by atoms with Crippen molar-refractivity contribution in [1.29, 1.82) is 0 Å². The van der Waals surface area contributed by atoms with Gasteiger partial charge >= 0.3 is 102 Å². The summed E-state index contributed by atoms with van der Waals surface area (Å²) in [7, 11) is 5.44. The third-order valence-electron chi connectivity index (χ3n) is 1.40. The van der Waals surface area contributed by atoms with Crippen molar-refractivity contribution in [2.24, 2.45) is 0 Å². The molecule has 1 rings (SSSR count). The Hall–Kier alpha value is 0.596. The topological polar surface area (TPSA) is 0 Å². The minimum absolute atomic E-state index is 0.630. The maximum absolute atomic E-state index is 5.44. The van der Waals surface area contributed by atoms with E-state index in [1.807, 2.05) is 0 Å². The van der Waals surface area contributed by atoms with Crippen LogP contribution in [0.4, 0.5) is 0 Å². The van der Waals surface area contributed by atoms with Crippen molar-refractivity contribution in [1.82, 2.24) is 0 Å². The van der Waals surface area contributed by atoms with Crippen LogP contribution in [0.25, 0.3) is 0 Å². The minimum atomic E-state index is -0.861. The van der Waals surface area contributed by atoms with Gasteiger partial charge in [-0.25, -0.2) is 0 Å². The fourth-order valence-corrected chi connectivity index (χ4v) is 3.21. The van der Waals surface area contributed by atoms with Crippen molar-refractivity contribution in [3.63, 3.8) is 0 Å². The Morgan fingerprint density at radius 3 is 1.79 bits per heavy atom. The summed E-state index contributed by atoms with van der Waals surface area (Å²) in [4.78, 5) is 0. The zero-order chi connectivity index (χ0) is 11.0. The third-order valence-corrected chi connectivity index (χ3v) is 3.74. The van der Waals surface area contributed by atoms with E-state index in [-0.39, 0.29) is 0 Å². The molecular weight excluding hydrogens is 313 g/mol. The van der Waals surface area contributed by atoms with Gasteiger partial charge < -0.3 is 0 Å². The van der Waals surface area contributed by atoms with Crippen LogP contribution < -0.4 is 0 Å². The molecule has 0 saturated heterocycles. The molecule has 0 N–H and O–H groups in total. The van der Waals surface area contributed by atoms with Gasteiger partial charge in [-0.1, -0.05) is 0 Å². The molecule has 0 nitrogen and oxygen atoms in total. The third kappa shape index (κ3) is 10.7. The van der Waals surface area contributed by atoms with Crippen LogP contribution in [-0.4, -0.2) is 27.8 Å². The molecule has 0 atom stereocenters. The first-order chi connectivity index (χ1) is 6.52. The average Bonchev–Trinajstić information content (AvgIpc) is 2.03. The van der Waals surface area contributed by atoms with Gasteiger partial charge in [-0.2, -0.15) is 0 Å². The first kappa shape index (κ1) is 14.6. The van der Waals surface area contributed by atoms with E-state index < -0.39 is 27.8 Å². The molecule has 0 aromatic heterocycles. The first-order valence-electron chi connectivity index (χ1n) is 4.81. The van der Waals surface area contributed by atoms with Gasteiger partial charge in [0.1, 0.15) is 0 Å². The van der Waals surface area contributed by atoms with Crippen LogP contribution in [-0.2, 0) is 5.25 Å². The molecule has 1 aromatic carbocycles. The van der Waals surface area contributed by atoms with Crippen molar-refractivity contribution in [3.05, 3.63) is 35.9 Å². The Morgan fingerprint density at radius 1 is 1.00 bits per heavy atom. The van der Waals surface area contributed by atoms with Crippen molar-refractivity contribution >= 4 is 37.8 Å². The standard InChI is InChI=1S/C9H13Ge.C2H6ClGe/c1-10(2)8-9-6-4-3-5-7-9;1-4(2)3/h3-7H,8H2,1-2H3;1-2H3. The quantitative estimate of drug-likeness (QED) is 0.719. The molecule has 14 heavy (non-hydrogen) atoms. The molecule has 0 bridgehead atoms. The number of halogens is 1. The molecular formula is C11H19ClGe2. The van der Waals surface area contributed by atoms with E-state index in [0.29, 0.717) is 0 Å². The van der Waals surface area contributed by atoms with E-state index >= 15 is 0 Å². The van der Waals surface area contributed by atoms with Crippen molar-refractivity contribution in [2.45, 2.75) is 28.3 Å². The van der Waals surface area contributed by atoms with E-state index in [1.165, 1.54) is 10.8 Å². The van der Waals surface area contributed by atoms with Gasteiger partial charge in [-0.15, -0.1) is 0 Å². The average molecular weight is 332 g/mol. The summed E-state index contributed by atoms with van der Waals surface area (Å²) < 4.78 is 0. The summed E-state index contributed by atoms with van der Waals surface area (Å²) >= 11 is -1.49. The molecule has 0 fully saturated rings. The summed E-state index contributed by atoms with van der Waals surface area (Å²) in [6.45, 7) is 0. The Labute approximate surface area is 101 Å². The second kappa shape index (κ2) is 8.87. The van der Waals surface area contributed by atoms with E-state index in [4.69, 9.17) is 10.0 Å². The molecule has 0 heterocycles. The molecule has 0 unspecified atom stereocenters. The second-order valence-corrected chi connectivity index (χ2v) is 17.2. The van der Waals surface area contributed by atoms with E-state index in [2.05, 4.69) is 53.4 Å². The van der Waals surface area contributed by atoms with Gasteiger partial charge in [-0.05, 0) is 0 Å². The van der Waals surface area contributed by atoms with Crippen LogP contribution in [0.2, 0.25) is 23.0 Å². The molecule has 0 saturated carbocycles. The van der Waals surface area contributed by atoms with Crippen LogP contribution in [0, 0.1) is 0 Å². The van der Waals surface area contributed by atoms with Crippen molar-refractivity contribution < 1.29 is 0 Å². The monoisotopic (exact) mass is 334 g/mol. The molecule has 0 aliphatic heterocycles. The Morgan fingerprint density at radius 2 is 1.43 bits per heavy atom. The summed E-state index contributed by atoms with van der Waals surface area (Å²) in [5, 5.41) is 1.36. The van der Waals surface area contributed by atoms with Gasteiger partial charge in [0.05, 0.1) is 0 Å². The van der Waals surface area contributed by atoms with Gasteiger partial charge in [0.15, 0.2) is 0 Å². The normalized spacial score (nSPS) is 9.93. The van der Waals surface area contributed by atoms with Crippen molar-refractivity contribution in [3.8, 4) is 0 Å². The molecule has 3 heteroatoms. The molecule has 0 amide bonds. The van der Waals surface area contributed by atoms with Crippen LogP contribution in [0.3, 0.4) is 0 Å². The fraction of sp³-hybridized carbons (Fsp3) is 0.455. The van der Waals surface area contributed by atoms with Crippen LogP contribution >= 0.6 is 10.0 Å². The van der Waals surface area contributed by atoms with Crippen molar-refractivity contribution in [2.75, 3.05) is 0 Å². The van der Waals surface area contributed by atoms with Crippen LogP contribution in [0.1, 0.15) is 5.56 Å². The van der Waals surface area contributed by atoms with Crippen LogP contribution in [0.15, 0.2) is 30.3 Å². The summed E-state index contributed by atoms with van der Waals surface area (Å²) in [5.41, 5.74) is 1.52. The molecule has 0 aliphatic carbocycles. The Bertz CT molecular complexity index is 219. The zero-order valence-corrected chi connectivity index (χ0v) is 14.4. The van der Waals surface area contributed by atoms with Gasteiger partial charge in [0, 0.05) is 0 Å². The SMILES string of the molecule is [CH3][Ge]([CH3])[CH2]c1ccccc1.[CH3][Ge]([CH3])[Cl]. The van der Waals surface area contributed by atoms with Gasteiger partial charge in [0.2, 0.25) is 0 Å². The molecule has 1 aromatic rings. The maximum atomic E-state index is 5.44. The molecule has 0 aliphatic rings. The van der Waals surface area contributed by atoms with Gasteiger partial charge in [-0.3, -0.25) is 0 Å². The Kier molecular flexibility index (Phi) is 9.25. The summed E-state index contributed by atoms with van der Waals surface area (Å²) in [6.07, 6.45) is 0. The van der Waals surface area contributed by atoms with E-state index in [0.717, 1.165) is 0 Å². The van der Waals surface area contributed by atoms with E-state index in [1.54, 1.807) is 0 Å². The number of hydrogen-bond donors (Lipinski definition) is 0. The fourth-order valence-electron chi connectivity index (χ4n) is 1.00. The summed E-state index contributed by atoms with van der Waals surface area (Å²) in [6, 6.07) is 10.8. The molecule has 78 valence electrons. The summed E-state index contributed by atoms with van der Waals surface area (Å²) in [5.74, 6) is 9.02. The Balaban J connectivity index is 0.000000364. The predicted molar refractivity (Wildman–Crippen MR) is 71.0 cm³/mol. The second-order valence-electron chi connectivity index (χ2n) is 3.75. The predicted octanol–water partition coefficient (Wildman–Crippen LogP) is 4.00. The number of hydrogen-bond acceptors (Lipinski definition) is 0. The number of benzene rings is 1.